The number of rotatable bonds is 4. The molecule has 11 aromatic rings. The predicted molar refractivity (Wildman–Crippen MR) is 217 cm³/mol. The number of hydrogen-bond donors (Lipinski definition) is 0. The van der Waals surface area contributed by atoms with Gasteiger partial charge in [0.25, 0.3) is 0 Å². The van der Waals surface area contributed by atoms with Crippen molar-refractivity contribution in [2.24, 2.45) is 0 Å². The van der Waals surface area contributed by atoms with Crippen molar-refractivity contribution >= 4 is 113 Å². The van der Waals surface area contributed by atoms with E-state index in [1.807, 2.05) is 22.7 Å². The molecule has 0 bridgehead atoms. The van der Waals surface area contributed by atoms with E-state index in [0.29, 0.717) is 0 Å². The van der Waals surface area contributed by atoms with Crippen molar-refractivity contribution in [3.05, 3.63) is 164 Å². The second-order valence-electron chi connectivity index (χ2n) is 12.8. The molecule has 0 N–H and O–H groups in total. The molecule has 0 unspecified atom stereocenters. The van der Waals surface area contributed by atoms with Crippen molar-refractivity contribution in [2.75, 3.05) is 4.90 Å². The first kappa shape index (κ1) is 28.0. The van der Waals surface area contributed by atoms with E-state index in [2.05, 4.69) is 169 Å². The average Bonchev–Trinajstić information content (AvgIpc) is 3.86. The lowest BCUT2D eigenvalue weighted by Gasteiger charge is -2.29. The number of nitrogens with zero attached hydrogens (tertiary/aromatic N) is 1. The van der Waals surface area contributed by atoms with Crippen molar-refractivity contribution in [2.45, 2.75) is 0 Å². The van der Waals surface area contributed by atoms with E-state index in [9.17, 15) is 0 Å². The molecule has 0 aliphatic heterocycles. The van der Waals surface area contributed by atoms with Crippen LogP contribution in [0.5, 0.6) is 0 Å². The maximum atomic E-state index is 6.73. The predicted octanol–water partition coefficient (Wildman–Crippen LogP) is 14.6. The summed E-state index contributed by atoms with van der Waals surface area (Å²) in [5.41, 5.74) is 7.55. The summed E-state index contributed by atoms with van der Waals surface area (Å²) in [6, 6.07) is 59.5. The third-order valence-corrected chi connectivity index (χ3v) is 12.3. The molecule has 50 heavy (non-hydrogen) atoms. The van der Waals surface area contributed by atoms with Gasteiger partial charge in [0, 0.05) is 62.4 Å². The van der Waals surface area contributed by atoms with Gasteiger partial charge in [-0.2, -0.15) is 0 Å². The zero-order valence-corrected chi connectivity index (χ0v) is 28.4. The summed E-state index contributed by atoms with van der Waals surface area (Å²) in [5, 5.41) is 9.72. The first-order valence-electron chi connectivity index (χ1n) is 16.8. The van der Waals surface area contributed by atoms with Gasteiger partial charge < -0.3 is 9.32 Å². The molecule has 2 nitrogen and oxygen atoms in total. The van der Waals surface area contributed by atoms with Crippen molar-refractivity contribution in [3.8, 4) is 11.1 Å². The van der Waals surface area contributed by atoms with Crippen LogP contribution in [-0.2, 0) is 0 Å². The lowest BCUT2D eigenvalue weighted by atomic mass is 9.96. The first-order chi connectivity index (χ1) is 24.8. The molecule has 0 radical (unpaired) electrons. The highest BCUT2D eigenvalue weighted by molar-refractivity contribution is 7.26. The second-order valence-corrected chi connectivity index (χ2v) is 15.0. The van der Waals surface area contributed by atoms with Crippen molar-refractivity contribution in [3.63, 3.8) is 0 Å². The number of para-hydroxylation sites is 1. The molecular weight excluding hydrogens is 647 g/mol. The summed E-state index contributed by atoms with van der Waals surface area (Å²) < 4.78 is 11.9. The van der Waals surface area contributed by atoms with Gasteiger partial charge in [0.1, 0.15) is 11.2 Å². The minimum absolute atomic E-state index is 0.880. The quantitative estimate of drug-likeness (QED) is 0.185. The lowest BCUT2D eigenvalue weighted by Crippen LogP contribution is -2.11. The van der Waals surface area contributed by atoms with Crippen molar-refractivity contribution < 1.29 is 4.42 Å². The largest absolute Gasteiger partial charge is 0.455 e. The summed E-state index contributed by atoms with van der Waals surface area (Å²) in [6.07, 6.45) is 0. The van der Waals surface area contributed by atoms with Crippen LogP contribution in [0.3, 0.4) is 0 Å². The summed E-state index contributed by atoms with van der Waals surface area (Å²) in [5.74, 6) is 0. The molecule has 3 heterocycles. The van der Waals surface area contributed by atoms with Gasteiger partial charge in [-0.1, -0.05) is 109 Å². The minimum atomic E-state index is 0.880. The number of hydrogen-bond acceptors (Lipinski definition) is 4. The second kappa shape index (κ2) is 10.8. The van der Waals surface area contributed by atoms with Crippen LogP contribution in [-0.4, -0.2) is 0 Å². The third kappa shape index (κ3) is 4.07. The van der Waals surface area contributed by atoms with E-state index < -0.39 is 0 Å². The van der Waals surface area contributed by atoms with E-state index in [4.69, 9.17) is 4.42 Å². The molecule has 11 rings (SSSR count). The molecule has 3 aromatic heterocycles. The fourth-order valence-corrected chi connectivity index (χ4v) is 10.1. The molecule has 0 fully saturated rings. The van der Waals surface area contributed by atoms with Crippen LogP contribution in [0.15, 0.2) is 168 Å². The van der Waals surface area contributed by atoms with Crippen LogP contribution in [0, 0.1) is 0 Å². The maximum absolute atomic E-state index is 6.73. The third-order valence-electron chi connectivity index (χ3n) is 10.1. The Bertz CT molecular complexity index is 3130. The van der Waals surface area contributed by atoms with Gasteiger partial charge in [0.05, 0.1) is 16.8 Å². The fraction of sp³-hybridized carbons (Fsp3) is 0. The Balaban J connectivity index is 1.24. The number of thiophene rings is 2. The van der Waals surface area contributed by atoms with E-state index in [1.54, 1.807) is 0 Å². The Morgan fingerprint density at radius 1 is 0.400 bits per heavy atom. The molecule has 8 aromatic carbocycles. The van der Waals surface area contributed by atoms with E-state index >= 15 is 0 Å². The molecule has 0 saturated carbocycles. The molecule has 4 heteroatoms. The smallest absolute Gasteiger partial charge is 0.143 e. The topological polar surface area (TPSA) is 16.4 Å². The minimum Gasteiger partial charge on any atom is -0.455 e. The van der Waals surface area contributed by atoms with Crippen molar-refractivity contribution in [1.29, 1.82) is 0 Å². The maximum Gasteiger partial charge on any atom is 0.143 e. The number of fused-ring (bicyclic) bond motifs is 11. The van der Waals surface area contributed by atoms with Crippen LogP contribution in [0.25, 0.3) is 84.2 Å². The van der Waals surface area contributed by atoms with Crippen LogP contribution >= 0.6 is 22.7 Å². The monoisotopic (exact) mass is 673 g/mol. The highest BCUT2D eigenvalue weighted by Crippen LogP contribution is 2.50. The number of furan rings is 1. The Morgan fingerprint density at radius 2 is 1.04 bits per heavy atom. The number of benzene rings is 8. The Morgan fingerprint density at radius 3 is 1.96 bits per heavy atom. The lowest BCUT2D eigenvalue weighted by molar-refractivity contribution is 0.672. The fourth-order valence-electron chi connectivity index (χ4n) is 7.88. The van der Waals surface area contributed by atoms with Gasteiger partial charge in [-0.05, 0) is 65.5 Å². The van der Waals surface area contributed by atoms with Gasteiger partial charge in [0.15, 0.2) is 0 Å². The normalized spacial score (nSPS) is 12.0. The highest BCUT2D eigenvalue weighted by Gasteiger charge is 2.24. The first-order valence-corrected chi connectivity index (χ1v) is 18.5. The summed E-state index contributed by atoms with van der Waals surface area (Å²) in [7, 11) is 0. The Hall–Kier alpha value is -5.94. The highest BCUT2D eigenvalue weighted by atomic mass is 32.1. The Labute approximate surface area is 295 Å². The Kier molecular flexibility index (Phi) is 6.03. The zero-order chi connectivity index (χ0) is 32.8. The van der Waals surface area contributed by atoms with Gasteiger partial charge >= 0.3 is 0 Å². The zero-order valence-electron chi connectivity index (χ0n) is 26.8. The summed E-state index contributed by atoms with van der Waals surface area (Å²) >= 11 is 3.72. The van der Waals surface area contributed by atoms with Crippen LogP contribution in [0.2, 0.25) is 0 Å². The molecule has 0 spiro atoms. The molecular formula is C46H27NOS2. The van der Waals surface area contributed by atoms with Crippen molar-refractivity contribution in [1.82, 2.24) is 0 Å². The van der Waals surface area contributed by atoms with E-state index in [1.165, 1.54) is 56.9 Å². The van der Waals surface area contributed by atoms with Gasteiger partial charge in [-0.15, -0.1) is 22.7 Å². The molecule has 0 aliphatic rings. The summed E-state index contributed by atoms with van der Waals surface area (Å²) in [6.45, 7) is 0. The van der Waals surface area contributed by atoms with Crippen LogP contribution < -0.4 is 4.90 Å². The molecule has 234 valence electrons. The molecule has 0 amide bonds. The van der Waals surface area contributed by atoms with E-state index in [0.717, 1.165) is 44.4 Å². The van der Waals surface area contributed by atoms with E-state index in [-0.39, 0.29) is 0 Å². The average molecular weight is 674 g/mol. The standard InChI is InChI=1S/C46H27NOS2/c1-2-12-30-28(11-1)23-25-36-45-38(18-10-19-39(45)48-46(30)36)47(29-24-26-33-32-14-4-7-20-40(32)50-43(33)27-29)37-17-6-3-13-31(37)34-16-9-22-42-44(34)35-15-5-8-21-41(35)49-42/h1-27H. The molecule has 0 aliphatic carbocycles. The van der Waals surface area contributed by atoms with Gasteiger partial charge in [-0.3, -0.25) is 0 Å². The molecule has 0 saturated heterocycles. The molecule has 0 atom stereocenters. The SMILES string of the molecule is c1ccc(N(c2ccc3c(c2)sc2ccccc23)c2cccc3oc4c5ccccc5ccc4c23)c(-c2cccc3sc4ccccc4c23)c1. The van der Waals surface area contributed by atoms with Gasteiger partial charge in [-0.25, -0.2) is 0 Å². The van der Waals surface area contributed by atoms with Gasteiger partial charge in [0.2, 0.25) is 0 Å². The number of anilines is 3. The van der Waals surface area contributed by atoms with Crippen LogP contribution in [0.1, 0.15) is 0 Å². The summed E-state index contributed by atoms with van der Waals surface area (Å²) in [4.78, 5) is 2.46. The van der Waals surface area contributed by atoms with Crippen LogP contribution in [0.4, 0.5) is 17.1 Å².